The minimum Gasteiger partial charge on any atom is -0.462 e. The molecular weight excluding hydrogens is 360 g/mol. The molecule has 0 aliphatic heterocycles. The summed E-state index contributed by atoms with van der Waals surface area (Å²) in [5.74, 6) is -0.630. The number of hydrogen-bond acceptors (Lipinski definition) is 4. The summed E-state index contributed by atoms with van der Waals surface area (Å²) in [6, 6.07) is 15.4. The molecule has 0 bridgehead atoms. The Bertz CT molecular complexity index is 934. The van der Waals surface area contributed by atoms with Gasteiger partial charge in [-0.1, -0.05) is 30.3 Å². The molecule has 6 heteroatoms. The Kier molecular flexibility index (Phi) is 5.98. The molecular formula is C21H21N2O3S+. The molecule has 0 radical (unpaired) electrons. The molecule has 138 valence electrons. The largest absolute Gasteiger partial charge is 0.462 e. The van der Waals surface area contributed by atoms with Crippen LogP contribution >= 0.6 is 11.3 Å². The third-order valence-corrected chi connectivity index (χ3v) is 5.07. The van der Waals surface area contributed by atoms with Crippen LogP contribution in [0.1, 0.15) is 22.2 Å². The molecule has 2 heterocycles. The highest BCUT2D eigenvalue weighted by Gasteiger charge is 2.21. The fourth-order valence-electron chi connectivity index (χ4n) is 2.57. The molecule has 2 aromatic heterocycles. The number of nitrogens with one attached hydrogen (secondary N) is 1. The average molecular weight is 381 g/mol. The average Bonchev–Trinajstić information content (AvgIpc) is 3.08. The molecule has 3 aromatic rings. The maximum Gasteiger partial charge on any atom is 0.350 e. The second-order valence-corrected chi connectivity index (χ2v) is 7.09. The van der Waals surface area contributed by atoms with Crippen molar-refractivity contribution >= 4 is 28.9 Å². The number of thiophene rings is 1. The number of carbonyl (C=O) groups excluding carboxylic acids is 2. The predicted molar refractivity (Wildman–Crippen MR) is 106 cm³/mol. The van der Waals surface area contributed by atoms with E-state index in [1.54, 1.807) is 11.5 Å². The van der Waals surface area contributed by atoms with Crippen LogP contribution in [0.3, 0.4) is 0 Å². The van der Waals surface area contributed by atoms with Crippen molar-refractivity contribution < 1.29 is 18.9 Å². The van der Waals surface area contributed by atoms with E-state index in [1.165, 1.54) is 11.3 Å². The van der Waals surface area contributed by atoms with E-state index in [4.69, 9.17) is 4.74 Å². The van der Waals surface area contributed by atoms with Crippen molar-refractivity contribution in [3.8, 4) is 10.4 Å². The Morgan fingerprint density at radius 3 is 2.48 bits per heavy atom. The van der Waals surface area contributed by atoms with E-state index in [1.807, 2.05) is 67.8 Å². The molecule has 0 spiro atoms. The number of amides is 1. The van der Waals surface area contributed by atoms with Gasteiger partial charge in [0.05, 0.1) is 12.3 Å². The van der Waals surface area contributed by atoms with Crippen molar-refractivity contribution in [2.45, 2.75) is 20.4 Å². The van der Waals surface area contributed by atoms with Crippen LogP contribution in [0.2, 0.25) is 0 Å². The monoisotopic (exact) mass is 381 g/mol. The third-order valence-electron chi connectivity index (χ3n) is 3.91. The van der Waals surface area contributed by atoms with Crippen LogP contribution in [0.5, 0.6) is 0 Å². The maximum absolute atomic E-state index is 12.5. The van der Waals surface area contributed by atoms with Gasteiger partial charge in [0.2, 0.25) is 6.54 Å². The van der Waals surface area contributed by atoms with Gasteiger partial charge in [-0.2, -0.15) is 4.57 Å². The van der Waals surface area contributed by atoms with Gasteiger partial charge >= 0.3 is 5.97 Å². The van der Waals surface area contributed by atoms with Crippen LogP contribution in [-0.2, 0) is 16.1 Å². The lowest BCUT2D eigenvalue weighted by atomic mass is 10.2. The number of rotatable bonds is 6. The molecule has 0 saturated carbocycles. The summed E-state index contributed by atoms with van der Waals surface area (Å²) in [5, 5.41) is 2.85. The first-order chi connectivity index (χ1) is 13.1. The van der Waals surface area contributed by atoms with Crippen molar-refractivity contribution in [1.82, 2.24) is 0 Å². The molecule has 1 amide bonds. The van der Waals surface area contributed by atoms with E-state index in [0.717, 1.165) is 16.0 Å². The summed E-state index contributed by atoms with van der Waals surface area (Å²) in [6.45, 7) is 4.20. The Balaban J connectivity index is 1.83. The van der Waals surface area contributed by atoms with Crippen molar-refractivity contribution in [2.24, 2.45) is 0 Å². The predicted octanol–water partition coefficient (Wildman–Crippen LogP) is 3.83. The number of nitrogens with zero attached hydrogens (tertiary/aromatic N) is 1. The zero-order chi connectivity index (χ0) is 19.2. The number of aryl methyl sites for hydroxylation is 1. The van der Waals surface area contributed by atoms with E-state index < -0.39 is 5.97 Å². The van der Waals surface area contributed by atoms with Crippen molar-refractivity contribution in [1.29, 1.82) is 0 Å². The summed E-state index contributed by atoms with van der Waals surface area (Å²) in [6.07, 6.45) is 3.70. The van der Waals surface area contributed by atoms with Crippen LogP contribution in [0.15, 0.2) is 60.9 Å². The van der Waals surface area contributed by atoms with Gasteiger partial charge in [-0.05, 0) is 31.0 Å². The highest BCUT2D eigenvalue weighted by atomic mass is 32.1. The number of aromatic nitrogens is 1. The van der Waals surface area contributed by atoms with Crippen molar-refractivity contribution in [3.63, 3.8) is 0 Å². The molecule has 1 aromatic carbocycles. The molecule has 0 atom stereocenters. The topological polar surface area (TPSA) is 59.3 Å². The van der Waals surface area contributed by atoms with E-state index in [-0.39, 0.29) is 19.1 Å². The highest BCUT2D eigenvalue weighted by molar-refractivity contribution is 7.18. The quantitative estimate of drug-likeness (QED) is 0.521. The fraction of sp³-hybridized carbons (Fsp3) is 0.190. The number of anilines is 1. The molecule has 27 heavy (non-hydrogen) atoms. The summed E-state index contributed by atoms with van der Waals surface area (Å²) in [4.78, 5) is 26.1. The Morgan fingerprint density at radius 2 is 1.81 bits per heavy atom. The SMILES string of the molecule is CCOC(=O)c1sc(-c2ccccc2)cc1NC(=O)C[n+]1ccc(C)cc1. The van der Waals surface area contributed by atoms with Gasteiger partial charge < -0.3 is 10.1 Å². The maximum atomic E-state index is 12.5. The van der Waals surface area contributed by atoms with Crippen molar-refractivity contribution in [2.75, 3.05) is 11.9 Å². The third kappa shape index (κ3) is 4.80. The smallest absolute Gasteiger partial charge is 0.350 e. The normalized spacial score (nSPS) is 10.4. The first kappa shape index (κ1) is 18.8. The van der Waals surface area contributed by atoms with E-state index in [0.29, 0.717) is 10.6 Å². The zero-order valence-corrected chi connectivity index (χ0v) is 16.1. The summed E-state index contributed by atoms with van der Waals surface area (Å²) in [5.41, 5.74) is 2.60. The molecule has 0 aliphatic carbocycles. The molecule has 0 saturated heterocycles. The van der Waals surface area contributed by atoms with Crippen LogP contribution in [0.4, 0.5) is 5.69 Å². The second-order valence-electron chi connectivity index (χ2n) is 6.04. The Hall–Kier alpha value is -2.99. The van der Waals surface area contributed by atoms with Gasteiger partial charge in [-0.15, -0.1) is 11.3 Å². The zero-order valence-electron chi connectivity index (χ0n) is 15.3. The molecule has 1 N–H and O–H groups in total. The van der Waals surface area contributed by atoms with E-state index in [9.17, 15) is 9.59 Å². The van der Waals surface area contributed by atoms with Gasteiger partial charge in [0, 0.05) is 17.0 Å². The lowest BCUT2D eigenvalue weighted by molar-refractivity contribution is -0.684. The second kappa shape index (κ2) is 8.60. The van der Waals surface area contributed by atoms with Gasteiger partial charge in [0.15, 0.2) is 12.4 Å². The van der Waals surface area contributed by atoms with Gasteiger partial charge in [-0.25, -0.2) is 4.79 Å². The van der Waals surface area contributed by atoms with E-state index >= 15 is 0 Å². The summed E-state index contributed by atoms with van der Waals surface area (Å²) >= 11 is 1.31. The Labute approximate surface area is 162 Å². The number of esters is 1. The van der Waals surface area contributed by atoms with Gasteiger partial charge in [0.25, 0.3) is 5.91 Å². The molecule has 0 fully saturated rings. The van der Waals surface area contributed by atoms with Crippen LogP contribution < -0.4 is 9.88 Å². The van der Waals surface area contributed by atoms with Gasteiger partial charge in [0.1, 0.15) is 4.88 Å². The number of pyridine rings is 1. The molecule has 5 nitrogen and oxygen atoms in total. The number of ether oxygens (including phenoxy) is 1. The summed E-state index contributed by atoms with van der Waals surface area (Å²) < 4.78 is 6.93. The van der Waals surface area contributed by atoms with E-state index in [2.05, 4.69) is 5.32 Å². The fourth-order valence-corrected chi connectivity index (χ4v) is 3.58. The highest BCUT2D eigenvalue weighted by Crippen LogP contribution is 2.35. The lowest BCUT2D eigenvalue weighted by Crippen LogP contribution is -2.39. The summed E-state index contributed by atoms with van der Waals surface area (Å²) in [7, 11) is 0. The first-order valence-electron chi connectivity index (χ1n) is 8.68. The lowest BCUT2D eigenvalue weighted by Gasteiger charge is -2.04. The molecule has 0 aliphatic rings. The number of benzene rings is 1. The van der Waals surface area contributed by atoms with Gasteiger partial charge in [-0.3, -0.25) is 4.79 Å². The first-order valence-corrected chi connectivity index (χ1v) is 9.50. The Morgan fingerprint density at radius 1 is 1.11 bits per heavy atom. The molecule has 0 unspecified atom stereocenters. The standard InChI is InChI=1S/C21H20N2O3S/c1-3-26-21(25)20-17(13-18(27-20)16-7-5-4-6-8-16)22-19(24)14-23-11-9-15(2)10-12-23/h4-13H,3,14H2,1-2H3/p+1. The van der Waals surface area contributed by atoms with Crippen LogP contribution in [0.25, 0.3) is 10.4 Å². The number of carbonyl (C=O) groups is 2. The minimum absolute atomic E-state index is 0.166. The van der Waals surface area contributed by atoms with Crippen molar-refractivity contribution in [3.05, 3.63) is 71.4 Å². The van der Waals surface area contributed by atoms with Crippen LogP contribution in [-0.4, -0.2) is 18.5 Å². The molecule has 3 rings (SSSR count). The minimum atomic E-state index is -0.428. The number of hydrogen-bond donors (Lipinski definition) is 1. The van der Waals surface area contributed by atoms with Crippen LogP contribution in [0, 0.1) is 6.92 Å².